The molecular formula is C22H19FN2O. The monoisotopic (exact) mass is 346 g/mol. The van der Waals surface area contributed by atoms with Gasteiger partial charge in [0.2, 0.25) is 0 Å². The van der Waals surface area contributed by atoms with Crippen molar-refractivity contribution in [2.75, 3.05) is 0 Å². The van der Waals surface area contributed by atoms with Crippen molar-refractivity contribution in [3.63, 3.8) is 0 Å². The number of rotatable bonds is 5. The van der Waals surface area contributed by atoms with E-state index in [9.17, 15) is 9.18 Å². The molecule has 0 radical (unpaired) electrons. The van der Waals surface area contributed by atoms with Crippen molar-refractivity contribution in [2.45, 2.75) is 26.3 Å². The van der Waals surface area contributed by atoms with Crippen LogP contribution in [0.15, 0.2) is 60.9 Å². The molecule has 130 valence electrons. The molecule has 0 spiro atoms. The van der Waals surface area contributed by atoms with Crippen molar-refractivity contribution in [3.8, 4) is 11.3 Å². The van der Waals surface area contributed by atoms with Gasteiger partial charge in [0.1, 0.15) is 5.82 Å². The van der Waals surface area contributed by atoms with Crippen molar-refractivity contribution in [2.24, 2.45) is 0 Å². The molecule has 0 unspecified atom stereocenters. The van der Waals surface area contributed by atoms with Gasteiger partial charge in [0.15, 0.2) is 5.78 Å². The Kier molecular flexibility index (Phi) is 4.25. The number of halogens is 1. The zero-order valence-electron chi connectivity index (χ0n) is 14.6. The number of aromatic nitrogens is 2. The normalized spacial score (nSPS) is 11.3. The van der Waals surface area contributed by atoms with Gasteiger partial charge in [-0.25, -0.2) is 9.37 Å². The number of fused-ring (bicyclic) bond motifs is 3. The van der Waals surface area contributed by atoms with Crippen LogP contribution in [0.3, 0.4) is 0 Å². The molecule has 0 fully saturated rings. The van der Waals surface area contributed by atoms with Gasteiger partial charge in [-0.15, -0.1) is 0 Å². The fraction of sp³-hybridized carbons (Fsp3) is 0.182. The molecule has 0 amide bonds. The van der Waals surface area contributed by atoms with E-state index in [1.807, 2.05) is 12.4 Å². The lowest BCUT2D eigenvalue weighted by atomic mass is 10.1. The fourth-order valence-corrected chi connectivity index (χ4v) is 3.33. The minimum atomic E-state index is -0.324. The summed E-state index contributed by atoms with van der Waals surface area (Å²) < 4.78 is 15.0. The van der Waals surface area contributed by atoms with E-state index in [2.05, 4.69) is 35.8 Å². The topological polar surface area (TPSA) is 34.9 Å². The number of hydrogen-bond donors (Lipinski definition) is 0. The molecule has 0 aliphatic carbocycles. The highest BCUT2D eigenvalue weighted by molar-refractivity contribution is 5.98. The number of aryl methyl sites for hydroxylation is 2. The maximum atomic E-state index is 12.9. The fourth-order valence-electron chi connectivity index (χ4n) is 3.33. The minimum Gasteiger partial charge on any atom is -0.352 e. The molecular weight excluding hydrogens is 327 g/mol. The van der Waals surface area contributed by atoms with E-state index in [0.717, 1.165) is 29.7 Å². The lowest BCUT2D eigenvalue weighted by Crippen LogP contribution is -2.04. The van der Waals surface area contributed by atoms with Crippen LogP contribution in [0.25, 0.3) is 22.2 Å². The Morgan fingerprint density at radius 2 is 1.92 bits per heavy atom. The van der Waals surface area contributed by atoms with Gasteiger partial charge in [0, 0.05) is 41.9 Å². The van der Waals surface area contributed by atoms with Crippen LogP contribution in [0.5, 0.6) is 0 Å². The standard InChI is InChI=1S/C22H19FN2O/c1-15-4-2-5-19-18-11-13-25(14-20(18)24-22(15)19)12-3-6-21(26)16-7-9-17(23)10-8-16/h2,4-5,7-11,13-14H,3,6,12H2,1H3. The number of pyridine rings is 1. The van der Waals surface area contributed by atoms with E-state index >= 15 is 0 Å². The predicted octanol–water partition coefficient (Wildman–Crippen LogP) is 5.25. The zero-order chi connectivity index (χ0) is 18.1. The van der Waals surface area contributed by atoms with Gasteiger partial charge >= 0.3 is 0 Å². The highest BCUT2D eigenvalue weighted by atomic mass is 19.1. The summed E-state index contributed by atoms with van der Waals surface area (Å²) in [7, 11) is 0. The summed E-state index contributed by atoms with van der Waals surface area (Å²) in [4.78, 5) is 16.9. The molecule has 2 aliphatic rings. The summed E-state index contributed by atoms with van der Waals surface area (Å²) in [5.74, 6) is -0.283. The third kappa shape index (κ3) is 3.10. The van der Waals surface area contributed by atoms with Crippen molar-refractivity contribution in [1.82, 2.24) is 9.55 Å². The summed E-state index contributed by atoms with van der Waals surface area (Å²) in [6.45, 7) is 2.81. The molecule has 2 aromatic rings. The van der Waals surface area contributed by atoms with Crippen LogP contribution in [0, 0.1) is 12.7 Å². The number of carbonyl (C=O) groups is 1. The predicted molar refractivity (Wildman–Crippen MR) is 101 cm³/mol. The average Bonchev–Trinajstić information content (AvgIpc) is 3.01. The molecule has 4 rings (SSSR count). The Balaban J connectivity index is 1.47. The summed E-state index contributed by atoms with van der Waals surface area (Å²) in [5.41, 5.74) is 4.91. The second-order valence-electron chi connectivity index (χ2n) is 6.60. The van der Waals surface area contributed by atoms with E-state index < -0.39 is 0 Å². The second-order valence-corrected chi connectivity index (χ2v) is 6.60. The lowest BCUT2D eigenvalue weighted by Gasteiger charge is -2.08. The van der Waals surface area contributed by atoms with Crippen molar-refractivity contribution < 1.29 is 9.18 Å². The number of carbonyl (C=O) groups excluding carboxylic acids is 1. The summed E-state index contributed by atoms with van der Waals surface area (Å²) in [5, 5.41) is 1.18. The molecule has 0 aromatic heterocycles. The van der Waals surface area contributed by atoms with Crippen LogP contribution in [0.2, 0.25) is 0 Å². The first-order valence-corrected chi connectivity index (χ1v) is 8.75. The summed E-state index contributed by atoms with van der Waals surface area (Å²) in [6.07, 6.45) is 5.24. The minimum absolute atomic E-state index is 0.0412. The maximum absolute atomic E-state index is 12.9. The molecule has 2 aromatic carbocycles. The number of Topliss-reactive ketones (excluding diaryl/α,β-unsaturated/α-hetero) is 1. The maximum Gasteiger partial charge on any atom is 0.162 e. The van der Waals surface area contributed by atoms with E-state index in [1.54, 1.807) is 12.1 Å². The Bertz CT molecular complexity index is 1050. The van der Waals surface area contributed by atoms with Gasteiger partial charge in [-0.3, -0.25) is 4.79 Å². The van der Waals surface area contributed by atoms with E-state index in [0.29, 0.717) is 12.0 Å². The summed E-state index contributed by atoms with van der Waals surface area (Å²) >= 11 is 0. The van der Waals surface area contributed by atoms with Crippen LogP contribution in [-0.4, -0.2) is 15.3 Å². The zero-order valence-corrected chi connectivity index (χ0v) is 14.6. The van der Waals surface area contributed by atoms with Crippen molar-refractivity contribution in [3.05, 3.63) is 77.9 Å². The van der Waals surface area contributed by atoms with Gasteiger partial charge in [-0.2, -0.15) is 0 Å². The number of ketones is 1. The molecule has 0 saturated heterocycles. The highest BCUT2D eigenvalue weighted by Gasteiger charge is 2.13. The molecule has 4 heteroatoms. The third-order valence-electron chi connectivity index (χ3n) is 4.74. The largest absolute Gasteiger partial charge is 0.352 e. The van der Waals surface area contributed by atoms with E-state index in [-0.39, 0.29) is 11.6 Å². The molecule has 2 heterocycles. The Morgan fingerprint density at radius 1 is 1.12 bits per heavy atom. The van der Waals surface area contributed by atoms with Gasteiger partial charge in [0.25, 0.3) is 0 Å². The second kappa shape index (κ2) is 6.71. The number of para-hydroxylation sites is 1. The highest BCUT2D eigenvalue weighted by Crippen LogP contribution is 2.32. The van der Waals surface area contributed by atoms with Gasteiger partial charge in [-0.1, -0.05) is 18.2 Å². The average molecular weight is 346 g/mol. The molecule has 0 bridgehead atoms. The molecule has 3 nitrogen and oxygen atoms in total. The molecule has 2 aliphatic heterocycles. The van der Waals surface area contributed by atoms with Crippen LogP contribution < -0.4 is 0 Å². The first-order valence-electron chi connectivity index (χ1n) is 8.75. The van der Waals surface area contributed by atoms with E-state index in [1.165, 1.54) is 23.1 Å². The lowest BCUT2D eigenvalue weighted by molar-refractivity contribution is 0.0978. The third-order valence-corrected chi connectivity index (χ3v) is 4.74. The smallest absolute Gasteiger partial charge is 0.162 e. The molecule has 0 saturated carbocycles. The van der Waals surface area contributed by atoms with Crippen LogP contribution >= 0.6 is 0 Å². The number of nitrogens with zero attached hydrogens (tertiary/aromatic N) is 2. The quantitative estimate of drug-likeness (QED) is 0.463. The van der Waals surface area contributed by atoms with Crippen molar-refractivity contribution in [1.29, 1.82) is 0 Å². The number of hydrogen-bond acceptors (Lipinski definition) is 2. The van der Waals surface area contributed by atoms with Crippen LogP contribution in [-0.2, 0) is 6.54 Å². The Morgan fingerprint density at radius 3 is 2.73 bits per heavy atom. The SMILES string of the molecule is Cc1cccc2c3ccn(CCCC(=O)c4ccc(F)cc4)cc-3nc12. The van der Waals surface area contributed by atoms with Gasteiger partial charge < -0.3 is 4.57 Å². The molecule has 26 heavy (non-hydrogen) atoms. The number of benzene rings is 2. The van der Waals surface area contributed by atoms with Gasteiger partial charge in [-0.05, 0) is 49.2 Å². The Hall–Kier alpha value is -3.01. The van der Waals surface area contributed by atoms with Gasteiger partial charge in [0.05, 0.1) is 11.2 Å². The van der Waals surface area contributed by atoms with Crippen molar-refractivity contribution >= 4 is 16.7 Å². The first-order chi connectivity index (χ1) is 12.6. The first kappa shape index (κ1) is 16.5. The molecule has 0 N–H and O–H groups in total. The van der Waals surface area contributed by atoms with E-state index in [4.69, 9.17) is 4.98 Å². The Labute approximate surface area is 151 Å². The van der Waals surface area contributed by atoms with Crippen LogP contribution in [0.1, 0.15) is 28.8 Å². The summed E-state index contributed by atoms with van der Waals surface area (Å²) in [6, 6.07) is 14.0. The van der Waals surface area contributed by atoms with Crippen LogP contribution in [0.4, 0.5) is 4.39 Å². The molecule has 0 atom stereocenters.